The summed E-state index contributed by atoms with van der Waals surface area (Å²) in [5.41, 5.74) is 0.932. The van der Waals surface area contributed by atoms with Crippen molar-refractivity contribution in [3.63, 3.8) is 0 Å². The first-order valence-electron chi connectivity index (χ1n) is 6.94. The molecule has 1 aliphatic rings. The molecule has 4 heteroatoms. The van der Waals surface area contributed by atoms with Gasteiger partial charge >= 0.3 is 0 Å². The van der Waals surface area contributed by atoms with E-state index in [0.29, 0.717) is 17.8 Å². The largest absolute Gasteiger partial charge is 0.494 e. The average molecular weight is 266 g/mol. The van der Waals surface area contributed by atoms with E-state index in [1.54, 1.807) is 12.1 Å². The molecule has 0 amide bonds. The highest BCUT2D eigenvalue weighted by Gasteiger charge is 2.20. The summed E-state index contributed by atoms with van der Waals surface area (Å²) in [6.07, 6.45) is 2.25. The maximum absolute atomic E-state index is 13.3. The lowest BCUT2D eigenvalue weighted by atomic mass is 10.0. The zero-order chi connectivity index (χ0) is 13.8. The molecule has 0 radical (unpaired) electrons. The van der Waals surface area contributed by atoms with Gasteiger partial charge in [-0.05, 0) is 38.8 Å². The average Bonchev–Trinajstić information content (AvgIpc) is 2.41. The highest BCUT2D eigenvalue weighted by molar-refractivity contribution is 5.49. The van der Waals surface area contributed by atoms with E-state index in [9.17, 15) is 4.39 Å². The van der Waals surface area contributed by atoms with Crippen LogP contribution in [0.15, 0.2) is 18.2 Å². The third-order valence-electron chi connectivity index (χ3n) is 3.78. The van der Waals surface area contributed by atoms with Crippen LogP contribution >= 0.6 is 0 Å². The minimum Gasteiger partial charge on any atom is -0.494 e. The van der Waals surface area contributed by atoms with E-state index in [1.165, 1.54) is 13.2 Å². The summed E-state index contributed by atoms with van der Waals surface area (Å²) in [5.74, 6) is -0.0210. The number of nitrogens with one attached hydrogen (secondary N) is 1. The van der Waals surface area contributed by atoms with Crippen LogP contribution in [0.3, 0.4) is 0 Å². The number of rotatable bonds is 4. The van der Waals surface area contributed by atoms with Crippen LogP contribution in [0.25, 0.3) is 0 Å². The van der Waals surface area contributed by atoms with Gasteiger partial charge in [-0.3, -0.25) is 0 Å². The second kappa shape index (κ2) is 6.24. The van der Waals surface area contributed by atoms with Crippen molar-refractivity contribution < 1.29 is 9.13 Å². The van der Waals surface area contributed by atoms with Gasteiger partial charge in [-0.1, -0.05) is 0 Å². The van der Waals surface area contributed by atoms with Crippen molar-refractivity contribution in [1.82, 2.24) is 4.90 Å². The van der Waals surface area contributed by atoms with Gasteiger partial charge in [-0.25, -0.2) is 4.39 Å². The third kappa shape index (κ3) is 3.60. The molecular weight excluding hydrogens is 243 g/mol. The molecule has 19 heavy (non-hydrogen) atoms. The SMILES string of the molecule is COc1cc(NC2CCN(C(C)C)CC2)ccc1F. The minimum atomic E-state index is -0.317. The Bertz CT molecular complexity index is 415. The summed E-state index contributed by atoms with van der Waals surface area (Å²) in [4.78, 5) is 2.49. The molecular formula is C15H23FN2O. The Morgan fingerprint density at radius 3 is 2.58 bits per heavy atom. The molecule has 0 aromatic heterocycles. The monoisotopic (exact) mass is 266 g/mol. The quantitative estimate of drug-likeness (QED) is 0.906. The van der Waals surface area contributed by atoms with Gasteiger partial charge in [0.1, 0.15) is 0 Å². The number of nitrogens with zero attached hydrogens (tertiary/aromatic N) is 1. The molecule has 0 bridgehead atoms. The van der Waals surface area contributed by atoms with E-state index in [0.717, 1.165) is 31.6 Å². The van der Waals surface area contributed by atoms with Gasteiger partial charge in [0.2, 0.25) is 0 Å². The summed E-state index contributed by atoms with van der Waals surface area (Å²) in [5, 5.41) is 3.47. The number of hydrogen-bond acceptors (Lipinski definition) is 3. The molecule has 1 aromatic carbocycles. The Kier molecular flexibility index (Phi) is 4.64. The van der Waals surface area contributed by atoms with Crippen LogP contribution in [0.1, 0.15) is 26.7 Å². The summed E-state index contributed by atoms with van der Waals surface area (Å²) in [6, 6.07) is 6.03. The summed E-state index contributed by atoms with van der Waals surface area (Å²) >= 11 is 0. The summed E-state index contributed by atoms with van der Waals surface area (Å²) < 4.78 is 18.3. The first kappa shape index (κ1) is 14.1. The van der Waals surface area contributed by atoms with Crippen LogP contribution < -0.4 is 10.1 Å². The molecule has 1 N–H and O–H groups in total. The van der Waals surface area contributed by atoms with Crippen LogP contribution in [0.5, 0.6) is 5.75 Å². The minimum absolute atomic E-state index is 0.296. The molecule has 1 heterocycles. The third-order valence-corrected chi connectivity index (χ3v) is 3.78. The van der Waals surface area contributed by atoms with Crippen LogP contribution in [0, 0.1) is 5.82 Å². The van der Waals surface area contributed by atoms with E-state index >= 15 is 0 Å². The van der Waals surface area contributed by atoms with Crippen molar-refractivity contribution in [1.29, 1.82) is 0 Å². The van der Waals surface area contributed by atoms with Gasteiger partial charge in [0.15, 0.2) is 11.6 Å². The smallest absolute Gasteiger partial charge is 0.165 e. The van der Waals surface area contributed by atoms with Gasteiger partial charge in [-0.15, -0.1) is 0 Å². The number of piperidine rings is 1. The second-order valence-electron chi connectivity index (χ2n) is 5.40. The van der Waals surface area contributed by atoms with Gasteiger partial charge in [-0.2, -0.15) is 0 Å². The standard InChI is InChI=1S/C15H23FN2O/c1-11(2)18-8-6-12(7-9-18)17-13-4-5-14(16)15(10-13)19-3/h4-5,10-12,17H,6-9H2,1-3H3. The van der Waals surface area contributed by atoms with Crippen LogP contribution in [0.4, 0.5) is 10.1 Å². The highest BCUT2D eigenvalue weighted by Crippen LogP contribution is 2.24. The molecule has 0 atom stereocenters. The molecule has 106 valence electrons. The van der Waals surface area contributed by atoms with Gasteiger partial charge in [0.05, 0.1) is 7.11 Å². The zero-order valence-corrected chi connectivity index (χ0v) is 11.9. The Labute approximate surface area is 114 Å². The first-order chi connectivity index (χ1) is 9.10. The Morgan fingerprint density at radius 2 is 2.00 bits per heavy atom. The number of likely N-dealkylation sites (tertiary alicyclic amines) is 1. The van der Waals surface area contributed by atoms with Gasteiger partial charge in [0, 0.05) is 36.9 Å². The van der Waals surface area contributed by atoms with Crippen molar-refractivity contribution in [2.45, 2.75) is 38.8 Å². The number of hydrogen-bond donors (Lipinski definition) is 1. The molecule has 0 spiro atoms. The summed E-state index contributed by atoms with van der Waals surface area (Å²) in [7, 11) is 1.49. The lowest BCUT2D eigenvalue weighted by molar-refractivity contribution is 0.177. The van der Waals surface area contributed by atoms with Crippen LogP contribution in [0.2, 0.25) is 0 Å². The number of methoxy groups -OCH3 is 1. The molecule has 0 unspecified atom stereocenters. The first-order valence-corrected chi connectivity index (χ1v) is 6.94. The molecule has 1 fully saturated rings. The predicted molar refractivity (Wildman–Crippen MR) is 76.3 cm³/mol. The van der Waals surface area contributed by atoms with Gasteiger partial charge < -0.3 is 15.0 Å². The molecule has 0 aliphatic carbocycles. The van der Waals surface area contributed by atoms with Crippen LogP contribution in [-0.2, 0) is 0 Å². The van der Waals surface area contributed by atoms with E-state index in [4.69, 9.17) is 4.74 Å². The Morgan fingerprint density at radius 1 is 1.32 bits per heavy atom. The molecule has 1 aliphatic heterocycles. The van der Waals surface area contributed by atoms with Crippen molar-refractivity contribution in [3.05, 3.63) is 24.0 Å². The number of benzene rings is 1. The maximum Gasteiger partial charge on any atom is 0.165 e. The molecule has 1 aromatic rings. The molecule has 0 saturated carbocycles. The molecule has 3 nitrogen and oxygen atoms in total. The van der Waals surface area contributed by atoms with Crippen LogP contribution in [-0.4, -0.2) is 37.2 Å². The normalized spacial score (nSPS) is 17.7. The fourth-order valence-electron chi connectivity index (χ4n) is 2.55. The lowest BCUT2D eigenvalue weighted by Crippen LogP contribution is -2.42. The number of anilines is 1. The van der Waals surface area contributed by atoms with Crippen molar-refractivity contribution in [3.8, 4) is 5.75 Å². The fraction of sp³-hybridized carbons (Fsp3) is 0.600. The van der Waals surface area contributed by atoms with Gasteiger partial charge in [0.25, 0.3) is 0 Å². The zero-order valence-electron chi connectivity index (χ0n) is 11.9. The van der Waals surface area contributed by atoms with Crippen molar-refractivity contribution >= 4 is 5.69 Å². The van der Waals surface area contributed by atoms with E-state index in [1.807, 2.05) is 0 Å². The topological polar surface area (TPSA) is 24.5 Å². The predicted octanol–water partition coefficient (Wildman–Crippen LogP) is 3.12. The Hall–Kier alpha value is -1.29. The fourth-order valence-corrected chi connectivity index (χ4v) is 2.55. The number of halogens is 1. The van der Waals surface area contributed by atoms with E-state index in [2.05, 4.69) is 24.1 Å². The Balaban J connectivity index is 1.92. The van der Waals surface area contributed by atoms with E-state index in [-0.39, 0.29) is 5.82 Å². The van der Waals surface area contributed by atoms with Crippen molar-refractivity contribution in [2.24, 2.45) is 0 Å². The van der Waals surface area contributed by atoms with Crippen molar-refractivity contribution in [2.75, 3.05) is 25.5 Å². The lowest BCUT2D eigenvalue weighted by Gasteiger charge is -2.35. The maximum atomic E-state index is 13.3. The second-order valence-corrected chi connectivity index (χ2v) is 5.40. The highest BCUT2D eigenvalue weighted by atomic mass is 19.1. The molecule has 2 rings (SSSR count). The number of ether oxygens (including phenoxy) is 1. The molecule has 1 saturated heterocycles. The van der Waals surface area contributed by atoms with E-state index < -0.39 is 0 Å². The summed E-state index contributed by atoms with van der Waals surface area (Å²) in [6.45, 7) is 6.71.